The highest BCUT2D eigenvalue weighted by atomic mass is 16.5. The van der Waals surface area contributed by atoms with Crippen molar-refractivity contribution in [2.24, 2.45) is 34.5 Å². The Morgan fingerprint density at radius 1 is 1.28 bits per heavy atom. The lowest BCUT2D eigenvalue weighted by molar-refractivity contribution is -0.148. The fraction of sp³-hybridized carbons (Fsp3) is 0.808. The molecule has 0 aromatic rings. The van der Waals surface area contributed by atoms with E-state index >= 15 is 0 Å². The first-order valence-corrected chi connectivity index (χ1v) is 11.9. The maximum absolute atomic E-state index is 11.4. The van der Waals surface area contributed by atoms with Gasteiger partial charge in [-0.1, -0.05) is 44.1 Å². The van der Waals surface area contributed by atoms with E-state index < -0.39 is 0 Å². The monoisotopic (exact) mass is 400 g/mol. The number of rotatable bonds is 3. The molecule has 1 N–H and O–H groups in total. The van der Waals surface area contributed by atoms with E-state index in [1.807, 2.05) is 0 Å². The number of aliphatic hydroxyl groups excluding tert-OH is 1. The van der Waals surface area contributed by atoms with Crippen LogP contribution in [-0.4, -0.2) is 23.3 Å². The van der Waals surface area contributed by atoms with Crippen LogP contribution in [0, 0.1) is 34.5 Å². The van der Waals surface area contributed by atoms with Crippen molar-refractivity contribution >= 4 is 5.97 Å². The lowest BCUT2D eigenvalue weighted by Crippen LogP contribution is -2.52. The van der Waals surface area contributed by atoms with Crippen molar-refractivity contribution < 1.29 is 14.6 Å². The highest BCUT2D eigenvalue weighted by Gasteiger charge is 2.61. The number of hydrogen-bond acceptors (Lipinski definition) is 3. The van der Waals surface area contributed by atoms with Gasteiger partial charge in [0.05, 0.1) is 6.10 Å². The van der Waals surface area contributed by atoms with Gasteiger partial charge >= 0.3 is 5.97 Å². The summed E-state index contributed by atoms with van der Waals surface area (Å²) >= 11 is 0. The van der Waals surface area contributed by atoms with Gasteiger partial charge in [0, 0.05) is 13.3 Å². The molecular formula is C26H40O3. The molecule has 29 heavy (non-hydrogen) atoms. The van der Waals surface area contributed by atoms with Crippen LogP contribution >= 0.6 is 0 Å². The van der Waals surface area contributed by atoms with E-state index in [2.05, 4.69) is 39.8 Å². The van der Waals surface area contributed by atoms with Crippen molar-refractivity contribution in [2.75, 3.05) is 0 Å². The zero-order valence-electron chi connectivity index (χ0n) is 19.0. The standard InChI is InChI=1S/C26H40O3/c1-6-16(2)13-18-14-23(28)26(5)12-10-22-21(24(18)26)8-7-19-15-20(29-17(3)27)9-11-25(19,22)4/h7,13,18,20-24,28H,6,8-12,14-15H2,1-5H3. The zero-order chi connectivity index (χ0) is 21.0. The number of esters is 1. The van der Waals surface area contributed by atoms with Crippen molar-refractivity contribution in [3.63, 3.8) is 0 Å². The fourth-order valence-electron chi connectivity index (χ4n) is 7.77. The van der Waals surface area contributed by atoms with Crippen LogP contribution in [0.5, 0.6) is 0 Å². The van der Waals surface area contributed by atoms with Crippen LogP contribution < -0.4 is 0 Å². The van der Waals surface area contributed by atoms with E-state index in [4.69, 9.17) is 4.74 Å². The van der Waals surface area contributed by atoms with Crippen LogP contribution in [0.15, 0.2) is 23.3 Å². The largest absolute Gasteiger partial charge is 0.462 e. The number of allylic oxidation sites excluding steroid dienone is 3. The third-order valence-corrected chi connectivity index (χ3v) is 9.46. The Bertz CT molecular complexity index is 721. The molecule has 3 fully saturated rings. The van der Waals surface area contributed by atoms with Gasteiger partial charge in [0.15, 0.2) is 0 Å². The van der Waals surface area contributed by atoms with E-state index in [9.17, 15) is 9.90 Å². The van der Waals surface area contributed by atoms with Gasteiger partial charge < -0.3 is 9.84 Å². The topological polar surface area (TPSA) is 46.5 Å². The molecule has 0 amide bonds. The summed E-state index contributed by atoms with van der Waals surface area (Å²) in [5.74, 6) is 2.30. The van der Waals surface area contributed by atoms with Gasteiger partial charge in [-0.25, -0.2) is 0 Å². The highest BCUT2D eigenvalue weighted by molar-refractivity contribution is 5.66. The van der Waals surface area contributed by atoms with E-state index in [1.165, 1.54) is 24.5 Å². The molecule has 8 unspecified atom stereocenters. The Balaban J connectivity index is 1.64. The molecule has 4 aliphatic carbocycles. The quantitative estimate of drug-likeness (QED) is 0.479. The molecule has 0 saturated heterocycles. The second-order valence-corrected chi connectivity index (χ2v) is 11.0. The summed E-state index contributed by atoms with van der Waals surface area (Å²) in [6.07, 6.45) is 13.5. The maximum Gasteiger partial charge on any atom is 0.302 e. The predicted octanol–water partition coefficient (Wildman–Crippen LogP) is 5.82. The van der Waals surface area contributed by atoms with E-state index in [-0.39, 0.29) is 29.0 Å². The highest BCUT2D eigenvalue weighted by Crippen LogP contribution is 2.66. The molecule has 0 heterocycles. The molecule has 0 spiro atoms. The first kappa shape index (κ1) is 21.2. The van der Waals surface area contributed by atoms with Gasteiger partial charge in [-0.15, -0.1) is 0 Å². The predicted molar refractivity (Wildman–Crippen MR) is 116 cm³/mol. The molecular weight excluding hydrogens is 360 g/mol. The lowest BCUT2D eigenvalue weighted by atomic mass is 9.47. The molecule has 4 aliphatic rings. The van der Waals surface area contributed by atoms with Crippen LogP contribution in [0.25, 0.3) is 0 Å². The maximum atomic E-state index is 11.4. The van der Waals surface area contributed by atoms with Crippen molar-refractivity contribution in [1.82, 2.24) is 0 Å². The van der Waals surface area contributed by atoms with Crippen molar-refractivity contribution in [1.29, 1.82) is 0 Å². The molecule has 0 aromatic carbocycles. The molecule has 3 heteroatoms. The van der Waals surface area contributed by atoms with E-state index in [0.717, 1.165) is 44.9 Å². The minimum absolute atomic E-state index is 0.0625. The molecule has 3 saturated carbocycles. The van der Waals surface area contributed by atoms with Gasteiger partial charge in [0.25, 0.3) is 0 Å². The Labute approximate surface area is 177 Å². The third-order valence-electron chi connectivity index (χ3n) is 9.46. The SMILES string of the molecule is CCC(C)=CC1CC(O)C2(C)CCC3C(CC=C4CC(OC(C)=O)CCC43C)C12. The van der Waals surface area contributed by atoms with Gasteiger partial charge in [-0.05, 0) is 86.4 Å². The first-order valence-electron chi connectivity index (χ1n) is 11.9. The summed E-state index contributed by atoms with van der Waals surface area (Å²) in [4.78, 5) is 11.4. The second-order valence-electron chi connectivity index (χ2n) is 11.0. The summed E-state index contributed by atoms with van der Waals surface area (Å²) in [6.45, 7) is 10.9. The van der Waals surface area contributed by atoms with Crippen molar-refractivity contribution in [3.8, 4) is 0 Å². The second kappa shape index (κ2) is 7.55. The van der Waals surface area contributed by atoms with Crippen molar-refractivity contribution in [3.05, 3.63) is 23.3 Å². The van der Waals surface area contributed by atoms with E-state index in [0.29, 0.717) is 23.7 Å². The Hall–Kier alpha value is -1.09. The van der Waals surface area contributed by atoms with Crippen LogP contribution in [0.3, 0.4) is 0 Å². The molecule has 0 bridgehead atoms. The lowest BCUT2D eigenvalue weighted by Gasteiger charge is -2.58. The van der Waals surface area contributed by atoms with Crippen molar-refractivity contribution in [2.45, 2.75) is 98.2 Å². The molecule has 0 aromatic heterocycles. The molecule has 0 aliphatic heterocycles. The van der Waals surface area contributed by atoms with Crippen LogP contribution in [0.2, 0.25) is 0 Å². The number of ether oxygens (including phenoxy) is 1. The number of hydrogen-bond donors (Lipinski definition) is 1. The normalized spacial score (nSPS) is 47.0. The first-order chi connectivity index (χ1) is 13.7. The molecule has 4 rings (SSSR count). The molecule has 0 radical (unpaired) electrons. The molecule has 3 nitrogen and oxygen atoms in total. The Morgan fingerprint density at radius 3 is 2.72 bits per heavy atom. The van der Waals surface area contributed by atoms with E-state index in [1.54, 1.807) is 0 Å². The Morgan fingerprint density at radius 2 is 2.03 bits per heavy atom. The average Bonchev–Trinajstić information content (AvgIpc) is 2.91. The number of carbonyl (C=O) groups is 1. The Kier molecular flexibility index (Phi) is 5.51. The molecule has 162 valence electrons. The van der Waals surface area contributed by atoms with Gasteiger partial charge in [-0.3, -0.25) is 4.79 Å². The van der Waals surface area contributed by atoms with Crippen LogP contribution in [0.1, 0.15) is 86.0 Å². The third kappa shape index (κ3) is 3.42. The van der Waals surface area contributed by atoms with Gasteiger partial charge in [0.1, 0.15) is 6.10 Å². The number of carbonyl (C=O) groups excluding carboxylic acids is 1. The van der Waals surface area contributed by atoms with Gasteiger partial charge in [0.2, 0.25) is 0 Å². The summed E-state index contributed by atoms with van der Waals surface area (Å²) in [6, 6.07) is 0. The van der Waals surface area contributed by atoms with Gasteiger partial charge in [-0.2, -0.15) is 0 Å². The average molecular weight is 401 g/mol. The molecule has 8 atom stereocenters. The number of aliphatic hydroxyl groups is 1. The zero-order valence-corrected chi connectivity index (χ0v) is 19.0. The summed E-state index contributed by atoms with van der Waals surface area (Å²) in [7, 11) is 0. The minimum atomic E-state index is -0.169. The summed E-state index contributed by atoms with van der Waals surface area (Å²) in [5.41, 5.74) is 3.30. The number of fused-ring (bicyclic) bond motifs is 5. The summed E-state index contributed by atoms with van der Waals surface area (Å²) in [5, 5.41) is 11.1. The smallest absolute Gasteiger partial charge is 0.302 e. The fourth-order valence-corrected chi connectivity index (χ4v) is 7.77. The summed E-state index contributed by atoms with van der Waals surface area (Å²) < 4.78 is 5.57. The minimum Gasteiger partial charge on any atom is -0.462 e. The van der Waals surface area contributed by atoms with Crippen LogP contribution in [0.4, 0.5) is 0 Å². The van der Waals surface area contributed by atoms with Crippen LogP contribution in [-0.2, 0) is 9.53 Å².